The zero-order valence-corrected chi connectivity index (χ0v) is 16.0. The van der Waals surface area contributed by atoms with Crippen LogP contribution in [0.4, 0.5) is 5.82 Å². The molecule has 1 aliphatic heterocycles. The van der Waals surface area contributed by atoms with Gasteiger partial charge in [-0.15, -0.1) is 0 Å². The lowest BCUT2D eigenvalue weighted by Gasteiger charge is -2.10. The second-order valence-electron chi connectivity index (χ2n) is 6.25. The Kier molecular flexibility index (Phi) is 5.41. The molecule has 0 saturated carbocycles. The van der Waals surface area contributed by atoms with Gasteiger partial charge in [0.25, 0.3) is 5.56 Å². The maximum Gasteiger partial charge on any atom is 0.349 e. The van der Waals surface area contributed by atoms with E-state index in [4.69, 9.17) is 19.9 Å². The molecule has 11 heteroatoms. The predicted octanol–water partition coefficient (Wildman–Crippen LogP) is -0.272. The highest BCUT2D eigenvalue weighted by Gasteiger charge is 2.22. The summed E-state index contributed by atoms with van der Waals surface area (Å²) in [5, 5.41) is 9.25. The zero-order chi connectivity index (χ0) is 22.0. The van der Waals surface area contributed by atoms with E-state index in [0.717, 1.165) is 4.57 Å². The van der Waals surface area contributed by atoms with Crippen molar-refractivity contribution in [3.05, 3.63) is 55.7 Å². The molecule has 0 fully saturated rings. The van der Waals surface area contributed by atoms with Gasteiger partial charge in [-0.25, -0.2) is 9.59 Å². The number of carbonyl (C=O) groups excluding carboxylic acids is 2. The Labute approximate surface area is 169 Å². The van der Waals surface area contributed by atoms with Crippen LogP contribution in [-0.4, -0.2) is 34.3 Å². The van der Waals surface area contributed by atoms with Crippen molar-refractivity contribution in [1.29, 1.82) is 5.26 Å². The van der Waals surface area contributed by atoms with Gasteiger partial charge in [0, 0.05) is 14.1 Å². The first-order chi connectivity index (χ1) is 14.2. The highest BCUT2D eigenvalue weighted by atomic mass is 16.7. The number of ether oxygens (including phenoxy) is 3. The van der Waals surface area contributed by atoms with Gasteiger partial charge in [0.05, 0.1) is 0 Å². The number of nitriles is 1. The van der Waals surface area contributed by atoms with Crippen molar-refractivity contribution in [1.82, 2.24) is 9.13 Å². The van der Waals surface area contributed by atoms with Crippen LogP contribution in [0.1, 0.15) is 15.9 Å². The molecule has 0 spiro atoms. The van der Waals surface area contributed by atoms with Gasteiger partial charge >= 0.3 is 11.7 Å². The third-order valence-corrected chi connectivity index (χ3v) is 4.37. The molecule has 2 aromatic rings. The van der Waals surface area contributed by atoms with E-state index in [-0.39, 0.29) is 18.2 Å². The molecule has 0 radical (unpaired) electrons. The first kappa shape index (κ1) is 20.4. The first-order valence-corrected chi connectivity index (χ1v) is 8.51. The third kappa shape index (κ3) is 3.66. The second kappa shape index (κ2) is 7.96. The lowest BCUT2D eigenvalue weighted by Crippen LogP contribution is -2.42. The standard InChI is InChI=1S/C19H16N4O7/c1-22-16(21)15(17(25)23(2)19(22)27)12(24)8-28-18(26)11(7-20)5-10-3-4-13-14(6-10)30-9-29-13/h3-6H,8-9,21H2,1-2H3/b11-5+. The van der Waals surface area contributed by atoms with Crippen LogP contribution in [-0.2, 0) is 23.6 Å². The summed E-state index contributed by atoms with van der Waals surface area (Å²) < 4.78 is 16.9. The second-order valence-corrected chi connectivity index (χ2v) is 6.25. The summed E-state index contributed by atoms with van der Waals surface area (Å²) in [5.41, 5.74) is 3.71. The molecule has 2 heterocycles. The Morgan fingerprint density at radius 3 is 2.63 bits per heavy atom. The first-order valence-electron chi connectivity index (χ1n) is 8.51. The van der Waals surface area contributed by atoms with Crippen LogP contribution in [0.5, 0.6) is 11.5 Å². The zero-order valence-electron chi connectivity index (χ0n) is 16.0. The van der Waals surface area contributed by atoms with Crippen LogP contribution in [0, 0.1) is 11.3 Å². The minimum absolute atomic E-state index is 0.0748. The lowest BCUT2D eigenvalue weighted by molar-refractivity contribution is -0.137. The number of benzene rings is 1. The molecule has 30 heavy (non-hydrogen) atoms. The molecule has 0 aliphatic carbocycles. The fraction of sp³-hybridized carbons (Fsp3) is 0.211. The number of fused-ring (bicyclic) bond motifs is 1. The minimum Gasteiger partial charge on any atom is -0.454 e. The summed E-state index contributed by atoms with van der Waals surface area (Å²) in [4.78, 5) is 48.6. The van der Waals surface area contributed by atoms with Crippen LogP contribution in [0.2, 0.25) is 0 Å². The van der Waals surface area contributed by atoms with Crippen molar-refractivity contribution in [2.75, 3.05) is 19.1 Å². The average Bonchev–Trinajstić information content (AvgIpc) is 3.21. The number of Topliss-reactive ketones (excluding diaryl/α,β-unsaturated/α-hetero) is 1. The molecule has 2 N–H and O–H groups in total. The molecule has 1 aliphatic rings. The highest BCUT2D eigenvalue weighted by Crippen LogP contribution is 2.33. The van der Waals surface area contributed by atoms with E-state index in [1.54, 1.807) is 24.3 Å². The van der Waals surface area contributed by atoms with E-state index in [1.807, 2.05) is 0 Å². The van der Waals surface area contributed by atoms with Gasteiger partial charge in [0.2, 0.25) is 12.6 Å². The van der Waals surface area contributed by atoms with Gasteiger partial charge in [0.15, 0.2) is 18.1 Å². The number of esters is 1. The average molecular weight is 412 g/mol. The Bertz CT molecular complexity index is 1250. The fourth-order valence-electron chi connectivity index (χ4n) is 2.71. The highest BCUT2D eigenvalue weighted by molar-refractivity contribution is 6.03. The maximum absolute atomic E-state index is 12.4. The van der Waals surface area contributed by atoms with Crippen molar-refractivity contribution < 1.29 is 23.8 Å². The van der Waals surface area contributed by atoms with E-state index < -0.39 is 35.2 Å². The number of ketones is 1. The molecule has 0 bridgehead atoms. The molecule has 154 valence electrons. The van der Waals surface area contributed by atoms with Gasteiger partial charge in [-0.1, -0.05) is 6.07 Å². The summed E-state index contributed by atoms with van der Waals surface area (Å²) in [5.74, 6) is -1.32. The number of anilines is 1. The van der Waals surface area contributed by atoms with Crippen molar-refractivity contribution in [3.8, 4) is 17.6 Å². The van der Waals surface area contributed by atoms with E-state index >= 15 is 0 Å². The topological polar surface area (TPSA) is 156 Å². The minimum atomic E-state index is -1.07. The number of nitrogens with zero attached hydrogens (tertiary/aromatic N) is 3. The van der Waals surface area contributed by atoms with Crippen LogP contribution >= 0.6 is 0 Å². The summed E-state index contributed by atoms with van der Waals surface area (Å²) in [7, 11) is 2.48. The number of nitrogens with two attached hydrogens (primary N) is 1. The van der Waals surface area contributed by atoms with Crippen molar-refractivity contribution in [2.24, 2.45) is 14.1 Å². The lowest BCUT2D eigenvalue weighted by atomic mass is 10.1. The molecule has 0 atom stereocenters. The summed E-state index contributed by atoms with van der Waals surface area (Å²) in [6, 6.07) is 6.50. The number of rotatable bonds is 5. The van der Waals surface area contributed by atoms with Gasteiger partial charge in [0.1, 0.15) is 23.0 Å². The van der Waals surface area contributed by atoms with Gasteiger partial charge in [-0.2, -0.15) is 5.26 Å². The van der Waals surface area contributed by atoms with E-state index in [1.165, 1.54) is 20.2 Å². The third-order valence-electron chi connectivity index (χ3n) is 4.37. The fourth-order valence-corrected chi connectivity index (χ4v) is 2.71. The number of nitrogen functional groups attached to an aromatic ring is 1. The van der Waals surface area contributed by atoms with E-state index in [2.05, 4.69) is 0 Å². The van der Waals surface area contributed by atoms with Crippen molar-refractivity contribution in [2.45, 2.75) is 0 Å². The molecule has 1 aromatic carbocycles. The normalized spacial score (nSPS) is 12.4. The van der Waals surface area contributed by atoms with Crippen LogP contribution < -0.4 is 26.5 Å². The summed E-state index contributed by atoms with van der Waals surface area (Å²) in [6.07, 6.45) is 1.26. The van der Waals surface area contributed by atoms with E-state index in [0.29, 0.717) is 21.6 Å². The SMILES string of the molecule is Cn1c(N)c(C(=O)COC(=O)/C(C#N)=C/c2ccc3c(c2)OCO3)c(=O)n(C)c1=O. The molecule has 0 unspecified atom stereocenters. The summed E-state index contributed by atoms with van der Waals surface area (Å²) in [6.45, 7) is -0.762. The number of carbonyl (C=O) groups is 2. The Balaban J connectivity index is 1.78. The van der Waals surface area contributed by atoms with Crippen LogP contribution in [0.25, 0.3) is 6.08 Å². The predicted molar refractivity (Wildman–Crippen MR) is 103 cm³/mol. The number of aromatic nitrogens is 2. The van der Waals surface area contributed by atoms with Crippen molar-refractivity contribution in [3.63, 3.8) is 0 Å². The van der Waals surface area contributed by atoms with Gasteiger partial charge < -0.3 is 19.9 Å². The Hall–Kier alpha value is -4.33. The van der Waals surface area contributed by atoms with Crippen LogP contribution in [0.3, 0.4) is 0 Å². The maximum atomic E-state index is 12.4. The molecule has 0 saturated heterocycles. The number of hydrogen-bond acceptors (Lipinski definition) is 9. The molecule has 3 rings (SSSR count). The molecule has 1 aromatic heterocycles. The molecular formula is C19H16N4O7. The van der Waals surface area contributed by atoms with Gasteiger partial charge in [-0.3, -0.25) is 18.7 Å². The summed E-state index contributed by atoms with van der Waals surface area (Å²) >= 11 is 0. The quantitative estimate of drug-likeness (QED) is 0.302. The Morgan fingerprint density at radius 1 is 1.23 bits per heavy atom. The molecule has 0 amide bonds. The van der Waals surface area contributed by atoms with Gasteiger partial charge in [-0.05, 0) is 23.8 Å². The van der Waals surface area contributed by atoms with Crippen LogP contribution in [0.15, 0.2) is 33.4 Å². The molecule has 11 nitrogen and oxygen atoms in total. The monoisotopic (exact) mass is 412 g/mol. The number of hydrogen-bond donors (Lipinski definition) is 1. The van der Waals surface area contributed by atoms with E-state index in [9.17, 15) is 24.4 Å². The largest absolute Gasteiger partial charge is 0.454 e. The Morgan fingerprint density at radius 2 is 1.93 bits per heavy atom. The molecular weight excluding hydrogens is 396 g/mol. The smallest absolute Gasteiger partial charge is 0.349 e. The van der Waals surface area contributed by atoms with Crippen molar-refractivity contribution >= 4 is 23.6 Å².